The van der Waals surface area contributed by atoms with Crippen LogP contribution in [0.4, 0.5) is 11.4 Å². The number of hydrogen-bond donors (Lipinski definition) is 1. The first-order valence-corrected chi connectivity index (χ1v) is 11.7. The number of carbonyl (C=O) groups is 1. The van der Waals surface area contributed by atoms with E-state index in [1.54, 1.807) is 35.8 Å². The van der Waals surface area contributed by atoms with Crippen molar-refractivity contribution in [2.24, 2.45) is 0 Å². The van der Waals surface area contributed by atoms with Gasteiger partial charge in [0, 0.05) is 50.9 Å². The van der Waals surface area contributed by atoms with E-state index in [9.17, 15) is 28.4 Å². The van der Waals surface area contributed by atoms with Crippen molar-refractivity contribution >= 4 is 27.3 Å². The first kappa shape index (κ1) is 23.5. The number of anilines is 1. The lowest BCUT2D eigenvalue weighted by Gasteiger charge is -2.36. The van der Waals surface area contributed by atoms with Crippen molar-refractivity contribution in [1.82, 2.24) is 9.21 Å². The van der Waals surface area contributed by atoms with Crippen LogP contribution in [-0.2, 0) is 10.0 Å². The van der Waals surface area contributed by atoms with Crippen LogP contribution in [0.5, 0.6) is 5.75 Å². The average molecular weight is 463 g/mol. The van der Waals surface area contributed by atoms with Crippen molar-refractivity contribution in [1.29, 1.82) is 0 Å². The molecule has 0 radical (unpaired) electrons. The van der Waals surface area contributed by atoms with Crippen LogP contribution in [-0.4, -0.2) is 72.8 Å². The molecule has 2 aromatic carbocycles. The number of hydrogen-bond acceptors (Lipinski definition) is 7. The van der Waals surface area contributed by atoms with Crippen molar-refractivity contribution in [3.8, 4) is 5.75 Å². The molecule has 1 saturated heterocycles. The van der Waals surface area contributed by atoms with Crippen LogP contribution >= 0.6 is 0 Å². The Balaban J connectivity index is 1.80. The van der Waals surface area contributed by atoms with Gasteiger partial charge in [-0.1, -0.05) is 19.9 Å². The lowest BCUT2D eigenvalue weighted by atomic mass is 10.1. The maximum absolute atomic E-state index is 12.8. The molecule has 2 aromatic rings. The number of nitrogens with zero attached hydrogens (tertiary/aromatic N) is 4. The molecule has 32 heavy (non-hydrogen) atoms. The monoisotopic (exact) mass is 462 g/mol. The van der Waals surface area contributed by atoms with Crippen LogP contribution in [0.15, 0.2) is 47.4 Å². The summed E-state index contributed by atoms with van der Waals surface area (Å²) in [6.45, 7) is 5.34. The van der Waals surface area contributed by atoms with Gasteiger partial charge in [0.05, 0.1) is 9.82 Å². The number of nitro benzene ring substituents is 1. The normalized spacial score (nSPS) is 14.6. The maximum Gasteiger partial charge on any atom is 0.293 e. The van der Waals surface area contributed by atoms with Crippen molar-refractivity contribution in [2.45, 2.75) is 18.7 Å². The number of carbonyl (C=O) groups excluding carboxylic acids is 1. The molecule has 0 aliphatic carbocycles. The summed E-state index contributed by atoms with van der Waals surface area (Å²) in [6, 6.07) is 10.0. The summed E-state index contributed by atoms with van der Waals surface area (Å²) in [5.74, 6) is -0.222. The third-order valence-electron chi connectivity index (χ3n) is 5.49. The Labute approximate surface area is 186 Å². The first-order valence-electron chi connectivity index (χ1n) is 10.3. The van der Waals surface area contributed by atoms with Crippen LogP contribution in [0.2, 0.25) is 0 Å². The summed E-state index contributed by atoms with van der Waals surface area (Å²) in [5, 5.41) is 21.3. The smallest absolute Gasteiger partial charge is 0.293 e. The molecule has 0 atom stereocenters. The third kappa shape index (κ3) is 4.68. The van der Waals surface area contributed by atoms with Gasteiger partial charge in [0.2, 0.25) is 10.0 Å². The highest BCUT2D eigenvalue weighted by atomic mass is 32.2. The molecule has 172 valence electrons. The van der Waals surface area contributed by atoms with Gasteiger partial charge in [-0.2, -0.15) is 4.31 Å². The Hall–Kier alpha value is -3.18. The molecular weight excluding hydrogens is 436 g/mol. The SMILES string of the molecule is CCN(CC)S(=O)(=O)c1ccc(N2CCN(C(=O)c3cccc(O)c3)CC2)c([N+](=O)[O-])c1. The van der Waals surface area contributed by atoms with Crippen LogP contribution in [0.3, 0.4) is 0 Å². The summed E-state index contributed by atoms with van der Waals surface area (Å²) in [4.78, 5) is 27.1. The number of phenolic OH excluding ortho intramolecular Hbond substituents is 1. The van der Waals surface area contributed by atoms with Crippen molar-refractivity contribution in [3.05, 3.63) is 58.1 Å². The minimum atomic E-state index is -3.82. The fourth-order valence-electron chi connectivity index (χ4n) is 3.76. The Morgan fingerprint density at radius 2 is 1.75 bits per heavy atom. The highest BCUT2D eigenvalue weighted by molar-refractivity contribution is 7.89. The standard InChI is InChI=1S/C21H26N4O6S/c1-3-24(4-2)32(30,31)18-8-9-19(20(15-18)25(28)29)22-10-12-23(13-11-22)21(27)16-6-5-7-17(26)14-16/h5-9,14-15,26H,3-4,10-13H2,1-2H3. The van der Waals surface area contributed by atoms with Crippen molar-refractivity contribution in [2.75, 3.05) is 44.2 Å². The van der Waals surface area contributed by atoms with Gasteiger partial charge in [0.25, 0.3) is 11.6 Å². The van der Waals surface area contributed by atoms with Crippen LogP contribution < -0.4 is 4.90 Å². The zero-order chi connectivity index (χ0) is 23.5. The van der Waals surface area contributed by atoms with Gasteiger partial charge in [-0.25, -0.2) is 8.42 Å². The molecule has 1 aliphatic heterocycles. The Kier molecular flexibility index (Phi) is 6.99. The van der Waals surface area contributed by atoms with Gasteiger partial charge in [-0.05, 0) is 30.3 Å². The van der Waals surface area contributed by atoms with Crippen LogP contribution in [0.1, 0.15) is 24.2 Å². The number of aromatic hydroxyl groups is 1. The summed E-state index contributed by atoms with van der Waals surface area (Å²) in [7, 11) is -3.82. The summed E-state index contributed by atoms with van der Waals surface area (Å²) in [6.07, 6.45) is 0. The molecule has 0 unspecified atom stereocenters. The van der Waals surface area contributed by atoms with E-state index in [0.29, 0.717) is 37.4 Å². The lowest BCUT2D eigenvalue weighted by molar-refractivity contribution is -0.384. The maximum atomic E-state index is 12.8. The number of rotatable bonds is 7. The summed E-state index contributed by atoms with van der Waals surface area (Å²) < 4.78 is 26.8. The Morgan fingerprint density at radius 3 is 2.31 bits per heavy atom. The second kappa shape index (κ2) is 9.53. The number of nitro groups is 1. The topological polar surface area (TPSA) is 124 Å². The number of benzene rings is 2. The van der Waals surface area contributed by atoms with Gasteiger partial charge in [-0.15, -0.1) is 0 Å². The molecule has 0 bridgehead atoms. The van der Waals surface area contributed by atoms with Crippen LogP contribution in [0, 0.1) is 10.1 Å². The number of phenols is 1. The van der Waals surface area contributed by atoms with E-state index in [1.807, 2.05) is 0 Å². The average Bonchev–Trinajstić information content (AvgIpc) is 2.79. The number of piperazine rings is 1. The lowest BCUT2D eigenvalue weighted by Crippen LogP contribution is -2.49. The Bertz CT molecular complexity index is 1110. The molecule has 1 fully saturated rings. The largest absolute Gasteiger partial charge is 0.508 e. The zero-order valence-electron chi connectivity index (χ0n) is 18.0. The molecule has 0 saturated carbocycles. The van der Waals surface area contributed by atoms with E-state index in [0.717, 1.165) is 6.07 Å². The zero-order valence-corrected chi connectivity index (χ0v) is 18.8. The molecule has 0 aromatic heterocycles. The van der Waals surface area contributed by atoms with Gasteiger partial charge in [0.15, 0.2) is 0 Å². The summed E-state index contributed by atoms with van der Waals surface area (Å²) >= 11 is 0. The quantitative estimate of drug-likeness (QED) is 0.494. The fraction of sp³-hybridized carbons (Fsp3) is 0.381. The highest BCUT2D eigenvalue weighted by Crippen LogP contribution is 2.32. The number of sulfonamides is 1. The van der Waals surface area contributed by atoms with Gasteiger partial charge < -0.3 is 14.9 Å². The molecule has 1 aliphatic rings. The van der Waals surface area contributed by atoms with E-state index >= 15 is 0 Å². The molecular formula is C21H26N4O6S. The molecule has 10 nitrogen and oxygen atoms in total. The molecule has 3 rings (SSSR count). The second-order valence-electron chi connectivity index (χ2n) is 7.33. The van der Waals surface area contributed by atoms with E-state index in [-0.39, 0.29) is 35.3 Å². The first-order chi connectivity index (χ1) is 15.2. The molecule has 11 heteroatoms. The third-order valence-corrected chi connectivity index (χ3v) is 7.53. The van der Waals surface area contributed by atoms with Gasteiger partial charge >= 0.3 is 0 Å². The van der Waals surface area contributed by atoms with Crippen molar-refractivity contribution < 1.29 is 23.2 Å². The Morgan fingerprint density at radius 1 is 1.09 bits per heavy atom. The van der Waals surface area contributed by atoms with Crippen molar-refractivity contribution in [3.63, 3.8) is 0 Å². The molecule has 1 amide bonds. The predicted molar refractivity (Wildman–Crippen MR) is 119 cm³/mol. The molecule has 1 heterocycles. The molecule has 1 N–H and O–H groups in total. The minimum absolute atomic E-state index is 0.00450. The van der Waals surface area contributed by atoms with Gasteiger partial charge in [-0.3, -0.25) is 14.9 Å². The van der Waals surface area contributed by atoms with E-state index in [1.165, 1.54) is 28.6 Å². The minimum Gasteiger partial charge on any atom is -0.508 e. The fourth-order valence-corrected chi connectivity index (χ4v) is 5.24. The summed E-state index contributed by atoms with van der Waals surface area (Å²) in [5.41, 5.74) is 0.402. The molecule has 0 spiro atoms. The second-order valence-corrected chi connectivity index (χ2v) is 9.26. The van der Waals surface area contributed by atoms with E-state index in [4.69, 9.17) is 0 Å². The van der Waals surface area contributed by atoms with E-state index in [2.05, 4.69) is 0 Å². The van der Waals surface area contributed by atoms with E-state index < -0.39 is 14.9 Å². The highest BCUT2D eigenvalue weighted by Gasteiger charge is 2.30. The number of amides is 1. The predicted octanol–water partition coefficient (Wildman–Crippen LogP) is 2.29. The van der Waals surface area contributed by atoms with Crippen LogP contribution in [0.25, 0.3) is 0 Å². The van der Waals surface area contributed by atoms with Gasteiger partial charge in [0.1, 0.15) is 11.4 Å².